The Balaban J connectivity index is 1.74. The summed E-state index contributed by atoms with van der Waals surface area (Å²) in [6.07, 6.45) is 0. The van der Waals surface area contributed by atoms with Crippen LogP contribution in [-0.2, 0) is 0 Å². The number of aromatic nitrogens is 2. The van der Waals surface area contributed by atoms with Gasteiger partial charge in [0.15, 0.2) is 5.82 Å². The van der Waals surface area contributed by atoms with Gasteiger partial charge in [0.1, 0.15) is 5.82 Å². The van der Waals surface area contributed by atoms with Gasteiger partial charge in [0.25, 0.3) is 0 Å². The zero-order chi connectivity index (χ0) is 18.1. The zero-order valence-corrected chi connectivity index (χ0v) is 15.2. The van der Waals surface area contributed by atoms with Crippen LogP contribution >= 0.6 is 11.3 Å². The molecule has 2 N–H and O–H groups in total. The molecule has 4 rings (SSSR count). The highest BCUT2D eigenvalue weighted by Gasteiger charge is 2.11. The molecule has 0 aliphatic rings. The Hall–Kier alpha value is -2.99. The number of thiophene rings is 1. The number of fused-ring (bicyclic) bond motifs is 1. The van der Waals surface area contributed by atoms with Crippen molar-refractivity contribution in [2.24, 2.45) is 0 Å². The molecule has 0 saturated carbocycles. The standard InChI is InChI=1S/C20H17FN4S/c1-12-5-3-4-6-15(12)22-19-18-17(9-10-26-18)24-20(25-19)23-16-8-7-14(21)11-13(16)2/h3-11H,1-2H3,(H2,22,23,24,25). The molecule has 0 atom stereocenters. The first-order valence-corrected chi connectivity index (χ1v) is 9.09. The summed E-state index contributed by atoms with van der Waals surface area (Å²) in [7, 11) is 0. The maximum atomic E-state index is 13.3. The molecule has 130 valence electrons. The maximum absolute atomic E-state index is 13.3. The normalized spacial score (nSPS) is 10.9. The van der Waals surface area contributed by atoms with Crippen molar-refractivity contribution >= 4 is 44.7 Å². The molecule has 0 fully saturated rings. The first-order valence-electron chi connectivity index (χ1n) is 8.21. The highest BCUT2D eigenvalue weighted by molar-refractivity contribution is 7.17. The molecule has 0 unspecified atom stereocenters. The van der Waals surface area contributed by atoms with Gasteiger partial charge in [-0.15, -0.1) is 11.3 Å². The molecule has 2 aromatic carbocycles. The number of anilines is 4. The number of hydrogen-bond donors (Lipinski definition) is 2. The largest absolute Gasteiger partial charge is 0.339 e. The van der Waals surface area contributed by atoms with Crippen molar-refractivity contribution in [2.45, 2.75) is 13.8 Å². The van der Waals surface area contributed by atoms with Crippen LogP contribution in [0.5, 0.6) is 0 Å². The van der Waals surface area contributed by atoms with Crippen molar-refractivity contribution in [3.05, 3.63) is 70.9 Å². The molecule has 0 aliphatic carbocycles. The molecule has 6 heteroatoms. The van der Waals surface area contributed by atoms with Crippen molar-refractivity contribution in [3.8, 4) is 0 Å². The van der Waals surface area contributed by atoms with E-state index >= 15 is 0 Å². The number of rotatable bonds is 4. The molecule has 4 nitrogen and oxygen atoms in total. The van der Waals surface area contributed by atoms with Crippen LogP contribution in [0.4, 0.5) is 27.5 Å². The van der Waals surface area contributed by atoms with E-state index in [9.17, 15) is 4.39 Å². The fourth-order valence-corrected chi connectivity index (χ4v) is 3.51. The third-order valence-electron chi connectivity index (χ3n) is 4.14. The van der Waals surface area contributed by atoms with Gasteiger partial charge in [0, 0.05) is 11.4 Å². The number of nitrogens with one attached hydrogen (secondary N) is 2. The molecule has 4 aromatic rings. The molecule has 0 aliphatic heterocycles. The van der Waals surface area contributed by atoms with E-state index in [-0.39, 0.29) is 5.82 Å². The van der Waals surface area contributed by atoms with Gasteiger partial charge in [0.2, 0.25) is 5.95 Å². The number of hydrogen-bond acceptors (Lipinski definition) is 5. The Morgan fingerprint density at radius 1 is 0.885 bits per heavy atom. The Bertz CT molecular complexity index is 1090. The number of para-hydroxylation sites is 1. The van der Waals surface area contributed by atoms with Gasteiger partial charge in [-0.25, -0.2) is 9.37 Å². The highest BCUT2D eigenvalue weighted by Crippen LogP contribution is 2.31. The van der Waals surface area contributed by atoms with E-state index < -0.39 is 0 Å². The Morgan fingerprint density at radius 3 is 2.50 bits per heavy atom. The second-order valence-electron chi connectivity index (χ2n) is 6.05. The predicted molar refractivity (Wildman–Crippen MR) is 106 cm³/mol. The van der Waals surface area contributed by atoms with E-state index in [2.05, 4.69) is 33.6 Å². The molecule has 2 aromatic heterocycles. The van der Waals surface area contributed by atoms with E-state index in [1.54, 1.807) is 17.4 Å². The third-order valence-corrected chi connectivity index (χ3v) is 5.05. The maximum Gasteiger partial charge on any atom is 0.229 e. The summed E-state index contributed by atoms with van der Waals surface area (Å²) in [6.45, 7) is 3.90. The van der Waals surface area contributed by atoms with Gasteiger partial charge in [-0.05, 0) is 60.7 Å². The summed E-state index contributed by atoms with van der Waals surface area (Å²) < 4.78 is 14.3. The molecule has 0 amide bonds. The Labute approximate surface area is 154 Å². The molecule has 0 saturated heterocycles. The highest BCUT2D eigenvalue weighted by atomic mass is 32.1. The minimum atomic E-state index is -0.260. The van der Waals surface area contributed by atoms with Crippen molar-refractivity contribution in [1.82, 2.24) is 9.97 Å². The van der Waals surface area contributed by atoms with Crippen LogP contribution in [0.1, 0.15) is 11.1 Å². The topological polar surface area (TPSA) is 49.8 Å². The minimum Gasteiger partial charge on any atom is -0.339 e. The van der Waals surface area contributed by atoms with E-state index in [1.807, 2.05) is 36.6 Å². The Kier molecular flexibility index (Phi) is 4.26. The lowest BCUT2D eigenvalue weighted by molar-refractivity contribution is 0.627. The summed E-state index contributed by atoms with van der Waals surface area (Å²) in [4.78, 5) is 9.22. The van der Waals surface area contributed by atoms with Gasteiger partial charge in [-0.1, -0.05) is 18.2 Å². The third kappa shape index (κ3) is 3.23. The van der Waals surface area contributed by atoms with Crippen LogP contribution in [0.25, 0.3) is 10.2 Å². The van der Waals surface area contributed by atoms with Crippen LogP contribution < -0.4 is 10.6 Å². The molecule has 0 radical (unpaired) electrons. The van der Waals surface area contributed by atoms with Gasteiger partial charge in [-0.3, -0.25) is 0 Å². The number of halogens is 1. The van der Waals surface area contributed by atoms with E-state index in [1.165, 1.54) is 12.1 Å². The second-order valence-corrected chi connectivity index (χ2v) is 6.97. The summed E-state index contributed by atoms with van der Waals surface area (Å²) in [5.74, 6) is 0.965. The van der Waals surface area contributed by atoms with E-state index in [0.29, 0.717) is 5.95 Å². The van der Waals surface area contributed by atoms with E-state index in [0.717, 1.165) is 38.5 Å². The van der Waals surface area contributed by atoms with Crippen molar-refractivity contribution < 1.29 is 4.39 Å². The molecule has 26 heavy (non-hydrogen) atoms. The minimum absolute atomic E-state index is 0.260. The summed E-state index contributed by atoms with van der Waals surface area (Å²) in [5, 5.41) is 8.60. The average molecular weight is 364 g/mol. The number of benzene rings is 2. The molecule has 2 heterocycles. The Morgan fingerprint density at radius 2 is 1.69 bits per heavy atom. The molecule has 0 bridgehead atoms. The summed E-state index contributed by atoms with van der Waals surface area (Å²) >= 11 is 1.59. The fourth-order valence-electron chi connectivity index (χ4n) is 2.73. The van der Waals surface area contributed by atoms with Crippen LogP contribution in [0.15, 0.2) is 53.9 Å². The number of nitrogens with zero attached hydrogens (tertiary/aromatic N) is 2. The molecule has 0 spiro atoms. The van der Waals surface area contributed by atoms with Crippen molar-refractivity contribution in [3.63, 3.8) is 0 Å². The smallest absolute Gasteiger partial charge is 0.229 e. The van der Waals surface area contributed by atoms with Crippen molar-refractivity contribution in [2.75, 3.05) is 10.6 Å². The van der Waals surface area contributed by atoms with Crippen molar-refractivity contribution in [1.29, 1.82) is 0 Å². The quantitative estimate of drug-likeness (QED) is 0.471. The van der Waals surface area contributed by atoms with E-state index in [4.69, 9.17) is 0 Å². The summed E-state index contributed by atoms with van der Waals surface area (Å²) in [6, 6.07) is 14.6. The zero-order valence-electron chi connectivity index (χ0n) is 14.4. The monoisotopic (exact) mass is 364 g/mol. The lowest BCUT2D eigenvalue weighted by Gasteiger charge is -2.12. The second kappa shape index (κ2) is 6.72. The van der Waals surface area contributed by atoms with Crippen LogP contribution in [0.3, 0.4) is 0 Å². The van der Waals surface area contributed by atoms with Gasteiger partial charge in [0.05, 0.1) is 10.2 Å². The molecular weight excluding hydrogens is 347 g/mol. The lowest BCUT2D eigenvalue weighted by Crippen LogP contribution is -2.03. The van der Waals surface area contributed by atoms with Crippen LogP contribution in [0.2, 0.25) is 0 Å². The average Bonchev–Trinajstić information content (AvgIpc) is 3.08. The predicted octanol–water partition coefficient (Wildman–Crippen LogP) is 5.93. The van der Waals surface area contributed by atoms with Gasteiger partial charge in [-0.2, -0.15) is 4.98 Å². The first-order chi connectivity index (χ1) is 12.6. The van der Waals surface area contributed by atoms with Gasteiger partial charge < -0.3 is 10.6 Å². The summed E-state index contributed by atoms with van der Waals surface area (Å²) in [5.41, 5.74) is 4.59. The number of aryl methyl sites for hydroxylation is 2. The van der Waals surface area contributed by atoms with Crippen LogP contribution in [0, 0.1) is 19.7 Å². The van der Waals surface area contributed by atoms with Crippen LogP contribution in [-0.4, -0.2) is 9.97 Å². The molecular formula is C20H17FN4S. The fraction of sp³-hybridized carbons (Fsp3) is 0.100. The SMILES string of the molecule is Cc1cc(F)ccc1Nc1nc(Nc2ccccc2C)c2sccc2n1. The lowest BCUT2D eigenvalue weighted by atomic mass is 10.2. The first kappa shape index (κ1) is 16.5. The van der Waals surface area contributed by atoms with Gasteiger partial charge >= 0.3 is 0 Å².